The first kappa shape index (κ1) is 14.9. The number of benzene rings is 1. The maximum atomic E-state index is 10.0. The van der Waals surface area contributed by atoms with E-state index < -0.39 is 12.2 Å². The van der Waals surface area contributed by atoms with Gasteiger partial charge in [0.2, 0.25) is 0 Å². The average Bonchev–Trinajstić information content (AvgIpc) is 2.98. The molecule has 108 valence electrons. The van der Waals surface area contributed by atoms with Crippen molar-refractivity contribution >= 4 is 12.6 Å². The van der Waals surface area contributed by atoms with Gasteiger partial charge < -0.3 is 14.9 Å². The summed E-state index contributed by atoms with van der Waals surface area (Å²) in [4.78, 5) is 0. The molecule has 0 saturated heterocycles. The van der Waals surface area contributed by atoms with E-state index in [1.807, 2.05) is 18.3 Å². The van der Waals surface area contributed by atoms with Gasteiger partial charge in [-0.2, -0.15) is 17.7 Å². The van der Waals surface area contributed by atoms with E-state index in [0.29, 0.717) is 12.1 Å². The third kappa shape index (κ3) is 3.33. The van der Waals surface area contributed by atoms with Gasteiger partial charge in [0.25, 0.3) is 0 Å². The van der Waals surface area contributed by atoms with Gasteiger partial charge in [0, 0.05) is 23.7 Å². The van der Waals surface area contributed by atoms with Gasteiger partial charge in [-0.3, -0.25) is 4.68 Å². The molecule has 5 nitrogen and oxygen atoms in total. The van der Waals surface area contributed by atoms with E-state index in [0.717, 1.165) is 11.3 Å². The summed E-state index contributed by atoms with van der Waals surface area (Å²) in [5.41, 5.74) is 1.52. The molecule has 2 N–H and O–H groups in total. The minimum atomic E-state index is -0.963. The first-order valence-corrected chi connectivity index (χ1v) is 6.90. The van der Waals surface area contributed by atoms with Gasteiger partial charge in [-0.25, -0.2) is 0 Å². The molecule has 0 spiro atoms. The minimum absolute atomic E-state index is 0.196. The Bertz CT molecular complexity index is 545. The lowest BCUT2D eigenvalue weighted by Crippen LogP contribution is -2.20. The summed E-state index contributed by atoms with van der Waals surface area (Å²) < 4.78 is 7.08. The number of thiol groups is 1. The zero-order chi connectivity index (χ0) is 14.5. The van der Waals surface area contributed by atoms with E-state index in [9.17, 15) is 10.2 Å². The highest BCUT2D eigenvalue weighted by atomic mass is 32.1. The van der Waals surface area contributed by atoms with Gasteiger partial charge in [0.05, 0.1) is 19.8 Å². The smallest absolute Gasteiger partial charge is 0.123 e. The van der Waals surface area contributed by atoms with Crippen molar-refractivity contribution in [1.29, 1.82) is 0 Å². The molecule has 0 aliphatic carbocycles. The highest BCUT2D eigenvalue weighted by molar-refractivity contribution is 7.80. The summed E-state index contributed by atoms with van der Waals surface area (Å²) >= 11 is 3.99. The molecule has 0 aliphatic heterocycles. The van der Waals surface area contributed by atoms with Gasteiger partial charge in [0.1, 0.15) is 11.9 Å². The Kier molecular flexibility index (Phi) is 5.05. The van der Waals surface area contributed by atoms with Crippen molar-refractivity contribution in [2.45, 2.75) is 18.8 Å². The Hall–Kier alpha value is -1.50. The van der Waals surface area contributed by atoms with Crippen molar-refractivity contribution in [3.05, 3.63) is 47.8 Å². The third-order valence-corrected chi connectivity index (χ3v) is 3.46. The highest BCUT2D eigenvalue weighted by Crippen LogP contribution is 2.26. The standard InChI is InChI=1S/C14H18N2O3S/c1-19-13-4-3-10(14(18)12(17)9-20)7-11(13)8-16-6-2-5-15-16/h2-7,12,14,17-18,20H,8-9H2,1H3. The van der Waals surface area contributed by atoms with Crippen LogP contribution in [0, 0.1) is 0 Å². The number of rotatable bonds is 6. The van der Waals surface area contributed by atoms with Gasteiger partial charge >= 0.3 is 0 Å². The van der Waals surface area contributed by atoms with Gasteiger partial charge in [-0.05, 0) is 23.8 Å². The summed E-state index contributed by atoms with van der Waals surface area (Å²) in [5.74, 6) is 0.915. The molecule has 0 amide bonds. The van der Waals surface area contributed by atoms with Crippen molar-refractivity contribution in [2.24, 2.45) is 0 Å². The maximum Gasteiger partial charge on any atom is 0.123 e. The van der Waals surface area contributed by atoms with Crippen LogP contribution in [0.25, 0.3) is 0 Å². The van der Waals surface area contributed by atoms with Gasteiger partial charge in [-0.1, -0.05) is 6.07 Å². The molecule has 0 aliphatic rings. The van der Waals surface area contributed by atoms with E-state index >= 15 is 0 Å². The lowest BCUT2D eigenvalue weighted by molar-refractivity contribution is 0.0337. The number of hydrogen-bond donors (Lipinski definition) is 3. The topological polar surface area (TPSA) is 67.5 Å². The van der Waals surface area contributed by atoms with E-state index in [1.165, 1.54) is 0 Å². The highest BCUT2D eigenvalue weighted by Gasteiger charge is 2.18. The predicted molar refractivity (Wildman–Crippen MR) is 79.1 cm³/mol. The fourth-order valence-corrected chi connectivity index (χ4v) is 2.20. The van der Waals surface area contributed by atoms with Crippen LogP contribution in [0.15, 0.2) is 36.7 Å². The number of aliphatic hydroxyl groups excluding tert-OH is 2. The Labute approximate surface area is 123 Å². The molecule has 0 fully saturated rings. The van der Waals surface area contributed by atoms with E-state index in [1.54, 1.807) is 30.1 Å². The van der Waals surface area contributed by atoms with Crippen LogP contribution in [-0.2, 0) is 6.54 Å². The Morgan fingerprint density at radius 3 is 2.80 bits per heavy atom. The van der Waals surface area contributed by atoms with Crippen molar-refractivity contribution in [3.8, 4) is 5.75 Å². The summed E-state index contributed by atoms with van der Waals surface area (Å²) in [7, 11) is 1.60. The van der Waals surface area contributed by atoms with E-state index in [2.05, 4.69) is 17.7 Å². The predicted octanol–water partition coefficient (Wildman–Crippen LogP) is 1.26. The average molecular weight is 294 g/mol. The maximum absolute atomic E-state index is 10.0. The van der Waals surface area contributed by atoms with Crippen molar-refractivity contribution in [1.82, 2.24) is 9.78 Å². The SMILES string of the molecule is COc1ccc(C(O)C(O)CS)cc1Cn1cccn1. The molecule has 2 atom stereocenters. The number of ether oxygens (including phenoxy) is 1. The fraction of sp³-hybridized carbons (Fsp3) is 0.357. The second-order valence-electron chi connectivity index (χ2n) is 4.47. The second kappa shape index (κ2) is 6.78. The number of aliphatic hydroxyl groups is 2. The number of hydrogen-bond acceptors (Lipinski definition) is 5. The molecular formula is C14H18N2O3S. The van der Waals surface area contributed by atoms with Crippen LogP contribution in [0.1, 0.15) is 17.2 Å². The molecule has 1 aromatic carbocycles. The number of aromatic nitrogens is 2. The van der Waals surface area contributed by atoms with Gasteiger partial charge in [0.15, 0.2) is 0 Å². The largest absolute Gasteiger partial charge is 0.496 e. The number of methoxy groups -OCH3 is 1. The molecule has 2 rings (SSSR count). The van der Waals surface area contributed by atoms with Crippen LogP contribution in [0.4, 0.5) is 0 Å². The van der Waals surface area contributed by atoms with Crippen LogP contribution < -0.4 is 4.74 Å². The molecular weight excluding hydrogens is 276 g/mol. The lowest BCUT2D eigenvalue weighted by atomic mass is 10.0. The Morgan fingerprint density at radius 2 is 2.20 bits per heavy atom. The fourth-order valence-electron chi connectivity index (χ4n) is 2.00. The molecule has 6 heteroatoms. The zero-order valence-electron chi connectivity index (χ0n) is 11.2. The summed E-state index contributed by atoms with van der Waals surface area (Å²) in [6.07, 6.45) is 1.69. The molecule has 0 radical (unpaired) electrons. The lowest BCUT2D eigenvalue weighted by Gasteiger charge is -2.18. The molecule has 20 heavy (non-hydrogen) atoms. The summed E-state index contributed by atoms with van der Waals surface area (Å²) in [6, 6.07) is 7.18. The van der Waals surface area contributed by atoms with Crippen molar-refractivity contribution in [3.63, 3.8) is 0 Å². The van der Waals surface area contributed by atoms with E-state index in [-0.39, 0.29) is 5.75 Å². The Morgan fingerprint density at radius 1 is 1.40 bits per heavy atom. The second-order valence-corrected chi connectivity index (χ2v) is 4.83. The van der Waals surface area contributed by atoms with Crippen molar-refractivity contribution < 1.29 is 14.9 Å². The van der Waals surface area contributed by atoms with Crippen molar-refractivity contribution in [2.75, 3.05) is 12.9 Å². The zero-order valence-corrected chi connectivity index (χ0v) is 12.1. The van der Waals surface area contributed by atoms with Crippen LogP contribution in [-0.4, -0.2) is 39.0 Å². The molecule has 2 aromatic rings. The quantitative estimate of drug-likeness (QED) is 0.702. The first-order chi connectivity index (χ1) is 9.65. The normalized spacial score (nSPS) is 14.0. The molecule has 1 heterocycles. The first-order valence-electron chi connectivity index (χ1n) is 6.27. The van der Waals surface area contributed by atoms with Crippen LogP contribution in [0.2, 0.25) is 0 Å². The number of nitrogens with zero attached hydrogens (tertiary/aromatic N) is 2. The van der Waals surface area contributed by atoms with Crippen LogP contribution >= 0.6 is 12.6 Å². The molecule has 2 unspecified atom stereocenters. The monoisotopic (exact) mass is 294 g/mol. The summed E-state index contributed by atoms with van der Waals surface area (Å²) in [6.45, 7) is 0.535. The van der Waals surface area contributed by atoms with E-state index in [4.69, 9.17) is 4.74 Å². The Balaban J connectivity index is 2.28. The molecule has 0 bridgehead atoms. The molecule has 0 saturated carbocycles. The third-order valence-electron chi connectivity index (χ3n) is 3.09. The minimum Gasteiger partial charge on any atom is -0.496 e. The van der Waals surface area contributed by atoms with Crippen LogP contribution in [0.3, 0.4) is 0 Å². The summed E-state index contributed by atoms with van der Waals surface area (Å²) in [5, 5.41) is 23.9. The van der Waals surface area contributed by atoms with Crippen LogP contribution in [0.5, 0.6) is 5.75 Å². The van der Waals surface area contributed by atoms with Gasteiger partial charge in [-0.15, -0.1) is 0 Å². The molecule has 1 aromatic heterocycles.